The lowest BCUT2D eigenvalue weighted by Crippen LogP contribution is -2.39. The Labute approximate surface area is 199 Å². The lowest BCUT2D eigenvalue weighted by atomic mass is 10.1. The predicted molar refractivity (Wildman–Crippen MR) is 131 cm³/mol. The largest absolute Gasteiger partial charge is 0.356 e. The van der Waals surface area contributed by atoms with Crippen molar-refractivity contribution < 1.29 is 17.6 Å². The molecule has 2 rings (SSSR count). The first-order chi connectivity index (χ1) is 14.3. The highest BCUT2D eigenvalue weighted by Gasteiger charge is 2.11. The van der Waals surface area contributed by atoms with E-state index in [9.17, 15) is 17.6 Å². The van der Waals surface area contributed by atoms with Crippen LogP contribution < -0.4 is 16.0 Å². The van der Waals surface area contributed by atoms with Gasteiger partial charge in [-0.3, -0.25) is 9.79 Å². The van der Waals surface area contributed by atoms with Gasteiger partial charge in [-0.05, 0) is 28.8 Å². The number of carbonyl (C=O) groups is 1. The van der Waals surface area contributed by atoms with Crippen LogP contribution in [0.15, 0.2) is 53.5 Å². The first-order valence-electron chi connectivity index (χ1n) is 9.47. The molecule has 0 radical (unpaired) electrons. The third kappa shape index (κ3) is 10.6. The SMILES string of the molecule is CN=C(NCCC(=O)NCc1ccccc1)NCc1cc(F)ccc1CS(C)(=O)=O.I. The number of carbonyl (C=O) groups excluding carboxylic acids is 1. The summed E-state index contributed by atoms with van der Waals surface area (Å²) in [6.45, 7) is 1.03. The number of rotatable bonds is 9. The van der Waals surface area contributed by atoms with Crippen LogP contribution in [0.2, 0.25) is 0 Å². The Morgan fingerprint density at radius 1 is 1.00 bits per heavy atom. The maximum atomic E-state index is 13.6. The van der Waals surface area contributed by atoms with E-state index in [-0.39, 0.29) is 48.6 Å². The third-order valence-electron chi connectivity index (χ3n) is 4.23. The van der Waals surface area contributed by atoms with Crippen molar-refractivity contribution in [1.29, 1.82) is 0 Å². The molecule has 0 aliphatic rings. The minimum Gasteiger partial charge on any atom is -0.356 e. The Morgan fingerprint density at radius 2 is 1.71 bits per heavy atom. The monoisotopic (exact) mass is 562 g/mol. The summed E-state index contributed by atoms with van der Waals surface area (Å²) in [5, 5.41) is 8.88. The maximum Gasteiger partial charge on any atom is 0.222 e. The summed E-state index contributed by atoms with van der Waals surface area (Å²) in [4.78, 5) is 16.0. The molecule has 0 aliphatic carbocycles. The molecular formula is C21H28FIN4O3S. The zero-order valence-corrected chi connectivity index (χ0v) is 20.7. The van der Waals surface area contributed by atoms with Gasteiger partial charge < -0.3 is 16.0 Å². The molecule has 31 heavy (non-hydrogen) atoms. The molecule has 0 bridgehead atoms. The van der Waals surface area contributed by atoms with E-state index in [0.717, 1.165) is 11.8 Å². The van der Waals surface area contributed by atoms with E-state index >= 15 is 0 Å². The van der Waals surface area contributed by atoms with Crippen molar-refractivity contribution in [3.63, 3.8) is 0 Å². The Hall–Kier alpha value is -2.21. The van der Waals surface area contributed by atoms with Crippen LogP contribution in [0.3, 0.4) is 0 Å². The summed E-state index contributed by atoms with van der Waals surface area (Å²) in [6.07, 6.45) is 1.39. The summed E-state index contributed by atoms with van der Waals surface area (Å²) >= 11 is 0. The van der Waals surface area contributed by atoms with Crippen LogP contribution in [0.1, 0.15) is 23.1 Å². The fraction of sp³-hybridized carbons (Fsp3) is 0.333. The van der Waals surface area contributed by atoms with E-state index in [4.69, 9.17) is 0 Å². The first-order valence-corrected chi connectivity index (χ1v) is 11.5. The van der Waals surface area contributed by atoms with E-state index in [0.29, 0.717) is 30.2 Å². The molecule has 0 saturated carbocycles. The number of amides is 1. The highest BCUT2D eigenvalue weighted by atomic mass is 127. The van der Waals surface area contributed by atoms with Gasteiger partial charge in [0.25, 0.3) is 0 Å². The van der Waals surface area contributed by atoms with Gasteiger partial charge in [-0.15, -0.1) is 24.0 Å². The van der Waals surface area contributed by atoms with Crippen LogP contribution in [0, 0.1) is 5.82 Å². The van der Waals surface area contributed by atoms with Gasteiger partial charge in [0.05, 0.1) is 5.75 Å². The molecule has 0 heterocycles. The summed E-state index contributed by atoms with van der Waals surface area (Å²) in [5.41, 5.74) is 2.09. The quantitative estimate of drug-likeness (QED) is 0.248. The fourth-order valence-electron chi connectivity index (χ4n) is 2.76. The zero-order chi connectivity index (χ0) is 22.0. The predicted octanol–water partition coefficient (Wildman–Crippen LogP) is 2.36. The van der Waals surface area contributed by atoms with Gasteiger partial charge in [0.15, 0.2) is 15.8 Å². The minimum atomic E-state index is -3.25. The van der Waals surface area contributed by atoms with Crippen LogP contribution >= 0.6 is 24.0 Å². The number of guanidine groups is 1. The van der Waals surface area contributed by atoms with Crippen molar-refractivity contribution in [2.24, 2.45) is 4.99 Å². The van der Waals surface area contributed by atoms with Crippen molar-refractivity contribution in [3.8, 4) is 0 Å². The van der Waals surface area contributed by atoms with Crippen molar-refractivity contribution in [3.05, 3.63) is 71.0 Å². The Balaban J connectivity index is 0.00000480. The van der Waals surface area contributed by atoms with Gasteiger partial charge in [0.2, 0.25) is 5.91 Å². The number of benzene rings is 2. The number of halogens is 2. The summed E-state index contributed by atoms with van der Waals surface area (Å²) in [6, 6.07) is 13.6. The normalized spacial score (nSPS) is 11.4. The first kappa shape index (κ1) is 26.8. The molecule has 0 unspecified atom stereocenters. The van der Waals surface area contributed by atoms with Crippen LogP contribution in [-0.4, -0.2) is 40.1 Å². The second kappa shape index (κ2) is 13.3. The molecule has 2 aromatic rings. The summed E-state index contributed by atoms with van der Waals surface area (Å²) < 4.78 is 36.8. The maximum absolute atomic E-state index is 13.6. The zero-order valence-electron chi connectivity index (χ0n) is 17.5. The number of aliphatic imine (C=N–C) groups is 1. The third-order valence-corrected chi connectivity index (χ3v) is 5.07. The van der Waals surface area contributed by atoms with Crippen LogP contribution in [0.25, 0.3) is 0 Å². The summed E-state index contributed by atoms with van der Waals surface area (Å²) in [7, 11) is -1.67. The Morgan fingerprint density at radius 3 is 2.35 bits per heavy atom. The standard InChI is InChI=1S/C21H27FN4O3S.HI/c1-23-21(24-11-10-20(27)25-13-16-6-4-3-5-7-16)26-14-18-12-19(22)9-8-17(18)15-30(2,28)29;/h3-9,12H,10-11,13-15H2,1-2H3,(H,25,27)(H2,23,24,26);1H. The van der Waals surface area contributed by atoms with Gasteiger partial charge >= 0.3 is 0 Å². The second-order valence-electron chi connectivity index (χ2n) is 6.85. The molecule has 0 aliphatic heterocycles. The molecule has 3 N–H and O–H groups in total. The molecule has 0 spiro atoms. The average molecular weight is 562 g/mol. The van der Waals surface area contributed by atoms with Crippen LogP contribution in [-0.2, 0) is 33.5 Å². The lowest BCUT2D eigenvalue weighted by molar-refractivity contribution is -0.121. The van der Waals surface area contributed by atoms with Crippen molar-refractivity contribution >= 4 is 45.7 Å². The Kier molecular flexibility index (Phi) is 11.5. The highest BCUT2D eigenvalue weighted by Crippen LogP contribution is 2.14. The highest BCUT2D eigenvalue weighted by molar-refractivity contribution is 14.0. The molecule has 0 atom stereocenters. The van der Waals surface area contributed by atoms with Gasteiger partial charge in [0.1, 0.15) is 5.82 Å². The molecule has 2 aromatic carbocycles. The van der Waals surface area contributed by atoms with Crippen LogP contribution in [0.5, 0.6) is 0 Å². The molecule has 0 saturated heterocycles. The van der Waals surface area contributed by atoms with E-state index in [1.54, 1.807) is 7.05 Å². The van der Waals surface area contributed by atoms with Gasteiger partial charge in [0, 0.05) is 39.4 Å². The van der Waals surface area contributed by atoms with E-state index in [1.807, 2.05) is 30.3 Å². The number of hydrogen-bond donors (Lipinski definition) is 3. The average Bonchev–Trinajstić information content (AvgIpc) is 2.70. The van der Waals surface area contributed by atoms with Crippen molar-refractivity contribution in [2.75, 3.05) is 19.8 Å². The number of sulfone groups is 1. The van der Waals surface area contributed by atoms with Gasteiger partial charge in [-0.2, -0.15) is 0 Å². The molecule has 7 nitrogen and oxygen atoms in total. The van der Waals surface area contributed by atoms with E-state index in [2.05, 4.69) is 20.9 Å². The molecule has 1 amide bonds. The van der Waals surface area contributed by atoms with Gasteiger partial charge in [-0.25, -0.2) is 12.8 Å². The topological polar surface area (TPSA) is 99.7 Å². The molecule has 0 fully saturated rings. The van der Waals surface area contributed by atoms with E-state index in [1.165, 1.54) is 18.2 Å². The second-order valence-corrected chi connectivity index (χ2v) is 8.99. The Bertz CT molecular complexity index is 985. The van der Waals surface area contributed by atoms with Crippen molar-refractivity contribution in [1.82, 2.24) is 16.0 Å². The molecular weight excluding hydrogens is 534 g/mol. The smallest absolute Gasteiger partial charge is 0.222 e. The number of hydrogen-bond acceptors (Lipinski definition) is 4. The van der Waals surface area contributed by atoms with Gasteiger partial charge in [-0.1, -0.05) is 36.4 Å². The summed E-state index contributed by atoms with van der Waals surface area (Å²) in [5.74, 6) is -0.275. The van der Waals surface area contributed by atoms with Crippen molar-refractivity contribution in [2.45, 2.75) is 25.3 Å². The number of nitrogens with zero attached hydrogens (tertiary/aromatic N) is 1. The lowest BCUT2D eigenvalue weighted by Gasteiger charge is -2.14. The molecule has 170 valence electrons. The molecule has 10 heteroatoms. The minimum absolute atomic E-state index is 0. The number of nitrogens with one attached hydrogen (secondary N) is 3. The molecule has 0 aromatic heterocycles. The van der Waals surface area contributed by atoms with E-state index < -0.39 is 15.7 Å². The fourth-order valence-corrected chi connectivity index (χ4v) is 3.61. The van der Waals surface area contributed by atoms with Crippen LogP contribution in [0.4, 0.5) is 4.39 Å².